The molecule has 7 nitrogen and oxygen atoms in total. The van der Waals surface area contributed by atoms with Crippen molar-refractivity contribution in [2.24, 2.45) is 0 Å². The third kappa shape index (κ3) is 6.36. The minimum atomic E-state index is -3.10. The summed E-state index contributed by atoms with van der Waals surface area (Å²) in [5.41, 5.74) is 0. The van der Waals surface area contributed by atoms with Crippen LogP contribution in [-0.2, 0) is 10.0 Å². The van der Waals surface area contributed by atoms with E-state index in [1.807, 2.05) is 6.92 Å². The van der Waals surface area contributed by atoms with Crippen LogP contribution < -0.4 is 15.4 Å². The Labute approximate surface area is 107 Å². The highest BCUT2D eigenvalue weighted by atomic mass is 32.2. The van der Waals surface area contributed by atoms with E-state index in [0.29, 0.717) is 25.5 Å². The van der Waals surface area contributed by atoms with Crippen molar-refractivity contribution in [3.05, 3.63) is 12.3 Å². The Morgan fingerprint density at radius 1 is 1.28 bits per heavy atom. The molecule has 1 heterocycles. The van der Waals surface area contributed by atoms with Crippen LogP contribution in [0.3, 0.4) is 0 Å². The first-order chi connectivity index (χ1) is 8.51. The first-order valence-corrected chi connectivity index (χ1v) is 7.66. The Bertz CT molecular complexity index is 463. The Hall–Kier alpha value is -1.41. The zero-order valence-electron chi connectivity index (χ0n) is 10.6. The van der Waals surface area contributed by atoms with Crippen molar-refractivity contribution in [2.75, 3.05) is 36.5 Å². The maximum Gasteiger partial charge on any atom is 0.224 e. The second-order valence-corrected chi connectivity index (χ2v) is 5.58. The molecule has 0 saturated heterocycles. The van der Waals surface area contributed by atoms with Crippen molar-refractivity contribution in [1.82, 2.24) is 14.7 Å². The molecule has 3 N–H and O–H groups in total. The number of sulfonamides is 1. The molecule has 0 aliphatic rings. The average molecular weight is 273 g/mol. The van der Waals surface area contributed by atoms with Crippen LogP contribution in [-0.4, -0.2) is 44.3 Å². The van der Waals surface area contributed by atoms with Gasteiger partial charge >= 0.3 is 0 Å². The van der Waals surface area contributed by atoms with Crippen LogP contribution in [0.4, 0.5) is 11.8 Å². The number of hydrogen-bond acceptors (Lipinski definition) is 6. The molecule has 0 atom stereocenters. The predicted molar refractivity (Wildman–Crippen MR) is 72.1 cm³/mol. The molecule has 0 aromatic carbocycles. The van der Waals surface area contributed by atoms with E-state index in [1.165, 1.54) is 0 Å². The van der Waals surface area contributed by atoms with Crippen LogP contribution in [0.2, 0.25) is 0 Å². The van der Waals surface area contributed by atoms with Gasteiger partial charge in [0.15, 0.2) is 0 Å². The van der Waals surface area contributed by atoms with Crippen molar-refractivity contribution >= 4 is 21.8 Å². The second-order valence-electron chi connectivity index (χ2n) is 3.74. The molecule has 0 radical (unpaired) electrons. The molecule has 0 amide bonds. The molecule has 1 aromatic heterocycles. The Morgan fingerprint density at radius 2 is 2.06 bits per heavy atom. The molecule has 0 aliphatic carbocycles. The molecule has 0 fully saturated rings. The highest BCUT2D eigenvalue weighted by molar-refractivity contribution is 7.88. The minimum Gasteiger partial charge on any atom is -0.370 e. The van der Waals surface area contributed by atoms with Crippen molar-refractivity contribution in [3.63, 3.8) is 0 Å². The fourth-order valence-electron chi connectivity index (χ4n) is 1.26. The number of hydrogen-bond donors (Lipinski definition) is 3. The molecule has 102 valence electrons. The van der Waals surface area contributed by atoms with Gasteiger partial charge in [0.2, 0.25) is 16.0 Å². The van der Waals surface area contributed by atoms with Gasteiger partial charge in [0, 0.05) is 25.8 Å². The van der Waals surface area contributed by atoms with E-state index in [9.17, 15) is 8.42 Å². The van der Waals surface area contributed by atoms with Gasteiger partial charge in [0.1, 0.15) is 5.82 Å². The van der Waals surface area contributed by atoms with Gasteiger partial charge < -0.3 is 10.6 Å². The summed E-state index contributed by atoms with van der Waals surface area (Å²) in [6, 6.07) is 1.77. The lowest BCUT2D eigenvalue weighted by atomic mass is 10.4. The largest absolute Gasteiger partial charge is 0.370 e. The van der Waals surface area contributed by atoms with E-state index in [2.05, 4.69) is 25.3 Å². The Balaban J connectivity index is 2.28. The normalized spacial score (nSPS) is 11.2. The van der Waals surface area contributed by atoms with E-state index < -0.39 is 10.0 Å². The van der Waals surface area contributed by atoms with Gasteiger partial charge in [0.25, 0.3) is 0 Å². The lowest BCUT2D eigenvalue weighted by molar-refractivity contribution is 0.586. The fourth-order valence-corrected chi connectivity index (χ4v) is 1.78. The second kappa shape index (κ2) is 7.12. The Kier molecular flexibility index (Phi) is 5.79. The summed E-state index contributed by atoms with van der Waals surface area (Å²) in [7, 11) is -3.10. The summed E-state index contributed by atoms with van der Waals surface area (Å²) in [5, 5.41) is 6.12. The Morgan fingerprint density at radius 3 is 2.72 bits per heavy atom. The number of nitrogens with one attached hydrogen (secondary N) is 3. The van der Waals surface area contributed by atoms with Crippen molar-refractivity contribution < 1.29 is 8.42 Å². The van der Waals surface area contributed by atoms with Crippen molar-refractivity contribution in [2.45, 2.75) is 13.3 Å². The summed E-state index contributed by atoms with van der Waals surface area (Å²) in [5.74, 6) is 1.30. The fraction of sp³-hybridized carbons (Fsp3) is 0.600. The van der Waals surface area contributed by atoms with Gasteiger partial charge in [-0.05, 0) is 19.4 Å². The van der Waals surface area contributed by atoms with E-state index in [1.54, 1.807) is 12.3 Å². The van der Waals surface area contributed by atoms with E-state index in [-0.39, 0.29) is 0 Å². The SMILES string of the molecule is CCNc1nccc(NCCCNS(C)(=O)=O)n1. The lowest BCUT2D eigenvalue weighted by Crippen LogP contribution is -2.24. The molecule has 1 rings (SSSR count). The molecule has 18 heavy (non-hydrogen) atoms. The zero-order valence-corrected chi connectivity index (χ0v) is 11.4. The smallest absolute Gasteiger partial charge is 0.224 e. The number of aromatic nitrogens is 2. The summed E-state index contributed by atoms with van der Waals surface area (Å²) < 4.78 is 24.1. The molecule has 8 heteroatoms. The molecule has 0 bridgehead atoms. The van der Waals surface area contributed by atoms with Crippen LogP contribution in [0.5, 0.6) is 0 Å². The van der Waals surface area contributed by atoms with E-state index in [4.69, 9.17) is 0 Å². The minimum absolute atomic E-state index is 0.414. The van der Waals surface area contributed by atoms with Gasteiger partial charge in [-0.15, -0.1) is 0 Å². The lowest BCUT2D eigenvalue weighted by Gasteiger charge is -2.07. The number of rotatable bonds is 8. The number of nitrogens with zero attached hydrogens (tertiary/aromatic N) is 2. The van der Waals surface area contributed by atoms with Gasteiger partial charge in [-0.1, -0.05) is 0 Å². The monoisotopic (exact) mass is 273 g/mol. The predicted octanol–water partition coefficient (Wildman–Crippen LogP) is 0.260. The summed E-state index contributed by atoms with van der Waals surface area (Å²) in [6.45, 7) is 3.80. The van der Waals surface area contributed by atoms with Crippen molar-refractivity contribution in [1.29, 1.82) is 0 Å². The maximum absolute atomic E-state index is 10.8. The standard InChI is InChI=1S/C10H19N5O2S/c1-3-11-10-13-8-5-9(15-10)12-6-4-7-14-18(2,16)17/h5,8,14H,3-4,6-7H2,1-2H3,(H2,11,12,13,15). The molecule has 0 aliphatic heterocycles. The topological polar surface area (TPSA) is 96.0 Å². The van der Waals surface area contributed by atoms with Crippen LogP contribution >= 0.6 is 0 Å². The molecule has 0 spiro atoms. The van der Waals surface area contributed by atoms with Crippen LogP contribution in [0.25, 0.3) is 0 Å². The molecule has 0 saturated carbocycles. The quantitative estimate of drug-likeness (QED) is 0.588. The van der Waals surface area contributed by atoms with Crippen LogP contribution in [0.15, 0.2) is 12.3 Å². The van der Waals surface area contributed by atoms with Gasteiger partial charge in [-0.2, -0.15) is 4.98 Å². The summed E-state index contributed by atoms with van der Waals surface area (Å²) in [6.07, 6.45) is 3.50. The molecular weight excluding hydrogens is 254 g/mol. The van der Waals surface area contributed by atoms with E-state index in [0.717, 1.165) is 18.6 Å². The van der Waals surface area contributed by atoms with E-state index >= 15 is 0 Å². The van der Waals surface area contributed by atoms with Gasteiger partial charge in [-0.25, -0.2) is 18.1 Å². The highest BCUT2D eigenvalue weighted by Crippen LogP contribution is 2.04. The van der Waals surface area contributed by atoms with Crippen molar-refractivity contribution in [3.8, 4) is 0 Å². The first kappa shape index (κ1) is 14.7. The molecular formula is C10H19N5O2S. The first-order valence-electron chi connectivity index (χ1n) is 5.76. The summed E-state index contributed by atoms with van der Waals surface area (Å²) in [4.78, 5) is 8.29. The number of anilines is 2. The summed E-state index contributed by atoms with van der Waals surface area (Å²) >= 11 is 0. The van der Waals surface area contributed by atoms with Gasteiger partial charge in [-0.3, -0.25) is 0 Å². The molecule has 0 unspecified atom stereocenters. The average Bonchev–Trinajstić information content (AvgIpc) is 2.28. The van der Waals surface area contributed by atoms with Crippen LogP contribution in [0, 0.1) is 0 Å². The maximum atomic E-state index is 10.8. The van der Waals surface area contributed by atoms with Crippen LogP contribution in [0.1, 0.15) is 13.3 Å². The van der Waals surface area contributed by atoms with Gasteiger partial charge in [0.05, 0.1) is 6.26 Å². The third-order valence-corrected chi connectivity index (χ3v) is 2.74. The highest BCUT2D eigenvalue weighted by Gasteiger charge is 2.00. The zero-order chi connectivity index (χ0) is 13.4. The molecule has 1 aromatic rings. The third-order valence-electron chi connectivity index (χ3n) is 2.01.